The largest absolute Gasteiger partial charge is 0.407 e. The van der Waals surface area contributed by atoms with Crippen LogP contribution < -0.4 is 10.4 Å². The molecule has 5 heteroatoms. The second kappa shape index (κ2) is 15.4. The number of Topliss-reactive ketones (excluding diaryl/α,β-unsaturated/α-hetero) is 1. The summed E-state index contributed by atoms with van der Waals surface area (Å²) in [5, 5.41) is 13.7. The molecule has 0 aliphatic heterocycles. The Labute approximate surface area is 287 Å². The Bertz CT molecular complexity index is 1570. The van der Waals surface area contributed by atoms with Gasteiger partial charge in [-0.2, -0.15) is 0 Å². The van der Waals surface area contributed by atoms with E-state index in [9.17, 15) is 9.90 Å². The third-order valence-electron chi connectivity index (χ3n) is 9.49. The molecule has 0 amide bonds. The summed E-state index contributed by atoms with van der Waals surface area (Å²) < 4.78 is 13.9. The molecule has 0 aliphatic rings. The number of hydrogen-bond donors (Lipinski definition) is 1. The van der Waals surface area contributed by atoms with Crippen LogP contribution in [-0.2, 0) is 19.6 Å². The van der Waals surface area contributed by atoms with Gasteiger partial charge in [0.15, 0.2) is 0 Å². The predicted molar refractivity (Wildman–Crippen MR) is 198 cm³/mol. The Hall–Kier alpha value is -4.13. The van der Waals surface area contributed by atoms with Crippen molar-refractivity contribution in [1.82, 2.24) is 0 Å². The molecular weight excluding hydrogens is 609 g/mol. The van der Waals surface area contributed by atoms with E-state index in [1.807, 2.05) is 110 Å². The minimum atomic E-state index is -2.81. The zero-order valence-electron chi connectivity index (χ0n) is 28.8. The van der Waals surface area contributed by atoms with E-state index in [-0.39, 0.29) is 24.0 Å². The van der Waals surface area contributed by atoms with Crippen LogP contribution in [0.5, 0.6) is 0 Å². The van der Waals surface area contributed by atoms with Crippen molar-refractivity contribution < 1.29 is 19.1 Å². The molecule has 48 heavy (non-hydrogen) atoms. The Morgan fingerprint density at radius 1 is 0.604 bits per heavy atom. The number of ketones is 1. The van der Waals surface area contributed by atoms with Crippen molar-refractivity contribution in [3.05, 3.63) is 168 Å². The maximum atomic E-state index is 14.0. The van der Waals surface area contributed by atoms with E-state index in [1.165, 1.54) is 10.4 Å². The van der Waals surface area contributed by atoms with Crippen molar-refractivity contribution >= 4 is 24.5 Å². The monoisotopic (exact) mass is 656 g/mol. The van der Waals surface area contributed by atoms with Crippen molar-refractivity contribution in [2.24, 2.45) is 11.8 Å². The standard InChI is InChI=1S/C43H48O4Si/c1-33(31-47-48(42(3,4)5,38-27-17-9-18-28-38)39-29-19-10-20-30-39)41(45)34(2)40(44)32-46-43(35-21-11-6-12-22-35,36-23-13-7-14-24-36)37-25-15-8-16-26-37/h6-30,33-34,40,44H,31-32H2,1-5H3/t33-,34+,40+/m0/s1. The first-order valence-electron chi connectivity index (χ1n) is 16.9. The van der Waals surface area contributed by atoms with Gasteiger partial charge in [-0.3, -0.25) is 4.79 Å². The number of hydrogen-bond acceptors (Lipinski definition) is 4. The van der Waals surface area contributed by atoms with Crippen LogP contribution in [0.2, 0.25) is 5.04 Å². The smallest absolute Gasteiger partial charge is 0.261 e. The van der Waals surface area contributed by atoms with E-state index in [4.69, 9.17) is 9.16 Å². The normalized spacial score (nSPS) is 14.2. The van der Waals surface area contributed by atoms with Crippen LogP contribution in [-0.4, -0.2) is 38.5 Å². The topological polar surface area (TPSA) is 55.8 Å². The lowest BCUT2D eigenvalue weighted by atomic mass is 9.80. The van der Waals surface area contributed by atoms with E-state index in [0.29, 0.717) is 0 Å². The Balaban J connectivity index is 1.39. The highest BCUT2D eigenvalue weighted by molar-refractivity contribution is 6.99. The molecule has 0 aromatic heterocycles. The molecule has 0 saturated carbocycles. The first-order chi connectivity index (χ1) is 23.1. The Morgan fingerprint density at radius 2 is 0.958 bits per heavy atom. The Morgan fingerprint density at radius 3 is 1.31 bits per heavy atom. The lowest BCUT2D eigenvalue weighted by Gasteiger charge is -2.43. The molecule has 0 spiro atoms. The van der Waals surface area contributed by atoms with Gasteiger partial charge in [0.25, 0.3) is 8.32 Å². The number of aliphatic hydroxyl groups is 1. The predicted octanol–water partition coefficient (Wildman–Crippen LogP) is 7.77. The van der Waals surface area contributed by atoms with Gasteiger partial charge in [0.05, 0.1) is 12.7 Å². The lowest BCUT2D eigenvalue weighted by molar-refractivity contribution is -0.133. The summed E-state index contributed by atoms with van der Waals surface area (Å²) in [5.41, 5.74) is 1.85. The molecule has 0 aliphatic carbocycles. The third kappa shape index (κ3) is 7.15. The van der Waals surface area contributed by atoms with Crippen LogP contribution >= 0.6 is 0 Å². The summed E-state index contributed by atoms with van der Waals surface area (Å²) in [4.78, 5) is 14.0. The molecule has 5 rings (SSSR count). The lowest BCUT2D eigenvalue weighted by Crippen LogP contribution is -2.67. The van der Waals surface area contributed by atoms with Crippen LogP contribution in [0, 0.1) is 11.8 Å². The second-order valence-electron chi connectivity index (χ2n) is 13.7. The fourth-order valence-electron chi connectivity index (χ4n) is 6.86. The zero-order chi connectivity index (χ0) is 34.2. The van der Waals surface area contributed by atoms with Crippen LogP contribution in [0.1, 0.15) is 51.3 Å². The molecule has 0 saturated heterocycles. The van der Waals surface area contributed by atoms with Crippen LogP contribution in [0.15, 0.2) is 152 Å². The van der Waals surface area contributed by atoms with Crippen LogP contribution in [0.25, 0.3) is 0 Å². The first kappa shape index (κ1) is 35.2. The van der Waals surface area contributed by atoms with E-state index in [0.717, 1.165) is 16.7 Å². The average molecular weight is 657 g/mol. The molecule has 5 aromatic carbocycles. The molecule has 5 aromatic rings. The van der Waals surface area contributed by atoms with Gasteiger partial charge in [0.2, 0.25) is 0 Å². The van der Waals surface area contributed by atoms with Gasteiger partial charge in [-0.05, 0) is 32.1 Å². The molecule has 0 heterocycles. The van der Waals surface area contributed by atoms with Crippen LogP contribution in [0.3, 0.4) is 0 Å². The highest BCUT2D eigenvalue weighted by Crippen LogP contribution is 2.41. The van der Waals surface area contributed by atoms with Gasteiger partial charge < -0.3 is 14.3 Å². The molecule has 3 atom stereocenters. The average Bonchev–Trinajstić information content (AvgIpc) is 3.13. The van der Waals surface area contributed by atoms with Gasteiger partial charge in [-0.15, -0.1) is 0 Å². The maximum Gasteiger partial charge on any atom is 0.261 e. The highest BCUT2D eigenvalue weighted by Gasteiger charge is 2.50. The molecule has 4 nitrogen and oxygen atoms in total. The Kier molecular flexibility index (Phi) is 11.3. The number of carbonyl (C=O) groups is 1. The minimum absolute atomic E-state index is 0.0339. The number of benzene rings is 5. The fraction of sp³-hybridized carbons (Fsp3) is 0.279. The van der Waals surface area contributed by atoms with Crippen molar-refractivity contribution in [1.29, 1.82) is 0 Å². The summed E-state index contributed by atoms with van der Waals surface area (Å²) in [7, 11) is -2.81. The number of rotatable bonds is 14. The van der Waals surface area contributed by atoms with E-state index in [1.54, 1.807) is 6.92 Å². The number of aliphatic hydroxyl groups excluding tert-OH is 1. The van der Waals surface area contributed by atoms with E-state index < -0.39 is 31.9 Å². The maximum absolute atomic E-state index is 14.0. The summed E-state index contributed by atoms with van der Waals surface area (Å²) in [6.45, 7) is 10.6. The molecular formula is C43H48O4Si. The molecule has 0 bridgehead atoms. The van der Waals surface area contributed by atoms with Gasteiger partial charge in [0, 0.05) is 18.4 Å². The van der Waals surface area contributed by atoms with Gasteiger partial charge in [-0.25, -0.2) is 0 Å². The van der Waals surface area contributed by atoms with Gasteiger partial charge >= 0.3 is 0 Å². The van der Waals surface area contributed by atoms with Crippen molar-refractivity contribution in [2.75, 3.05) is 13.2 Å². The summed E-state index contributed by atoms with van der Waals surface area (Å²) in [6.07, 6.45) is -1.02. The summed E-state index contributed by atoms with van der Waals surface area (Å²) in [5.74, 6) is -1.14. The fourth-order valence-corrected chi connectivity index (χ4v) is 11.5. The third-order valence-corrected chi connectivity index (χ3v) is 14.5. The van der Waals surface area contributed by atoms with Crippen molar-refractivity contribution in [2.45, 2.75) is 51.4 Å². The number of carbonyl (C=O) groups excluding carboxylic acids is 1. The molecule has 1 N–H and O–H groups in total. The summed E-state index contributed by atoms with van der Waals surface area (Å²) >= 11 is 0. The van der Waals surface area contributed by atoms with Crippen molar-refractivity contribution in [3.8, 4) is 0 Å². The van der Waals surface area contributed by atoms with Crippen LogP contribution in [0.4, 0.5) is 0 Å². The van der Waals surface area contributed by atoms with E-state index in [2.05, 4.69) is 69.3 Å². The molecule has 248 valence electrons. The molecule has 0 fully saturated rings. The summed E-state index contributed by atoms with van der Waals surface area (Å²) in [6, 6.07) is 51.1. The van der Waals surface area contributed by atoms with Gasteiger partial charge in [-0.1, -0.05) is 186 Å². The van der Waals surface area contributed by atoms with Gasteiger partial charge in [0.1, 0.15) is 11.4 Å². The SMILES string of the molecule is C[C@@H](CO[Si](c1ccccc1)(c1ccccc1)C(C)(C)C)C(=O)[C@H](C)[C@H](O)COC(c1ccccc1)(c1ccccc1)c1ccccc1. The number of ether oxygens (including phenoxy) is 1. The molecule has 0 radical (unpaired) electrons. The quantitative estimate of drug-likeness (QED) is 0.0980. The minimum Gasteiger partial charge on any atom is -0.407 e. The second-order valence-corrected chi connectivity index (χ2v) is 18.0. The van der Waals surface area contributed by atoms with E-state index >= 15 is 0 Å². The zero-order valence-corrected chi connectivity index (χ0v) is 29.8. The highest BCUT2D eigenvalue weighted by atomic mass is 28.4. The first-order valence-corrected chi connectivity index (χ1v) is 18.8. The van der Waals surface area contributed by atoms with Crippen molar-refractivity contribution in [3.63, 3.8) is 0 Å². The molecule has 0 unspecified atom stereocenters.